The standard InChI is InChI=1S/C16H20BrNO2/c1-16(2,3)20-15(19)18(4)14-10-9-13(17)11-7-5-6-8-12(11)14/h5-9,14H,10H2,1-4H3. The highest BCUT2D eigenvalue weighted by Gasteiger charge is 2.29. The van der Waals surface area contributed by atoms with Crippen LogP contribution in [0.4, 0.5) is 4.79 Å². The lowest BCUT2D eigenvalue weighted by Crippen LogP contribution is -2.37. The number of ether oxygens (including phenoxy) is 1. The second-order valence-electron chi connectivity index (χ2n) is 5.98. The van der Waals surface area contributed by atoms with Gasteiger partial charge in [-0.15, -0.1) is 0 Å². The van der Waals surface area contributed by atoms with Gasteiger partial charge in [0.05, 0.1) is 6.04 Å². The first-order chi connectivity index (χ1) is 9.29. The topological polar surface area (TPSA) is 29.5 Å². The van der Waals surface area contributed by atoms with Gasteiger partial charge in [0, 0.05) is 11.5 Å². The predicted octanol–water partition coefficient (Wildman–Crippen LogP) is 4.73. The van der Waals surface area contributed by atoms with Gasteiger partial charge in [-0.3, -0.25) is 0 Å². The highest BCUT2D eigenvalue weighted by molar-refractivity contribution is 9.15. The number of carbonyl (C=O) groups excluding carboxylic acids is 1. The number of rotatable bonds is 1. The Morgan fingerprint density at radius 2 is 2.00 bits per heavy atom. The summed E-state index contributed by atoms with van der Waals surface area (Å²) in [5.41, 5.74) is 1.81. The summed E-state index contributed by atoms with van der Waals surface area (Å²) in [6.07, 6.45) is 2.60. The maximum absolute atomic E-state index is 12.2. The minimum atomic E-state index is -0.476. The van der Waals surface area contributed by atoms with Crippen molar-refractivity contribution < 1.29 is 9.53 Å². The van der Waals surface area contributed by atoms with Crippen molar-refractivity contribution in [3.05, 3.63) is 41.5 Å². The monoisotopic (exact) mass is 337 g/mol. The molecule has 0 N–H and O–H groups in total. The number of benzene rings is 1. The average molecular weight is 338 g/mol. The third-order valence-corrected chi connectivity index (χ3v) is 4.00. The molecule has 108 valence electrons. The van der Waals surface area contributed by atoms with E-state index in [2.05, 4.69) is 34.1 Å². The first-order valence-corrected chi connectivity index (χ1v) is 7.49. The largest absolute Gasteiger partial charge is 0.444 e. The SMILES string of the molecule is CN(C(=O)OC(C)(C)C)C1CC=C(Br)c2ccccc21. The van der Waals surface area contributed by atoms with Crippen LogP contribution in [0.25, 0.3) is 4.48 Å². The quantitative estimate of drug-likeness (QED) is 0.741. The van der Waals surface area contributed by atoms with Crippen LogP contribution < -0.4 is 0 Å². The lowest BCUT2D eigenvalue weighted by molar-refractivity contribution is 0.0220. The Labute approximate surface area is 128 Å². The first-order valence-electron chi connectivity index (χ1n) is 6.70. The third kappa shape index (κ3) is 3.23. The molecule has 0 radical (unpaired) electrons. The van der Waals surface area contributed by atoms with Crippen molar-refractivity contribution in [2.45, 2.75) is 38.8 Å². The van der Waals surface area contributed by atoms with Crippen molar-refractivity contribution in [3.8, 4) is 0 Å². The van der Waals surface area contributed by atoms with Gasteiger partial charge in [-0.25, -0.2) is 4.79 Å². The number of nitrogens with zero attached hydrogens (tertiary/aromatic N) is 1. The highest BCUT2D eigenvalue weighted by atomic mass is 79.9. The molecule has 0 heterocycles. The number of hydrogen-bond donors (Lipinski definition) is 0. The van der Waals surface area contributed by atoms with Gasteiger partial charge in [-0.1, -0.05) is 46.3 Å². The van der Waals surface area contributed by atoms with Crippen LogP contribution in [0.15, 0.2) is 30.3 Å². The average Bonchev–Trinajstić information content (AvgIpc) is 2.37. The molecule has 1 aliphatic rings. The molecule has 1 aliphatic carbocycles. The summed E-state index contributed by atoms with van der Waals surface area (Å²) in [5, 5.41) is 0. The summed E-state index contributed by atoms with van der Waals surface area (Å²) >= 11 is 3.58. The Morgan fingerprint density at radius 1 is 1.35 bits per heavy atom. The smallest absolute Gasteiger partial charge is 0.410 e. The minimum Gasteiger partial charge on any atom is -0.444 e. The molecular weight excluding hydrogens is 318 g/mol. The van der Waals surface area contributed by atoms with Crippen LogP contribution in [0, 0.1) is 0 Å². The Balaban J connectivity index is 2.24. The fourth-order valence-corrected chi connectivity index (χ4v) is 2.83. The fraction of sp³-hybridized carbons (Fsp3) is 0.438. The van der Waals surface area contributed by atoms with Crippen molar-refractivity contribution in [2.24, 2.45) is 0 Å². The van der Waals surface area contributed by atoms with Gasteiger partial charge >= 0.3 is 6.09 Å². The van der Waals surface area contributed by atoms with Gasteiger partial charge in [0.25, 0.3) is 0 Å². The van der Waals surface area contributed by atoms with E-state index >= 15 is 0 Å². The van der Waals surface area contributed by atoms with E-state index in [0.29, 0.717) is 0 Å². The minimum absolute atomic E-state index is 0.0161. The molecule has 0 aliphatic heterocycles. The molecule has 0 saturated heterocycles. The molecule has 2 rings (SSSR count). The molecule has 0 spiro atoms. The molecule has 0 aromatic heterocycles. The molecule has 0 bridgehead atoms. The van der Waals surface area contributed by atoms with Gasteiger partial charge in [-0.05, 0) is 38.3 Å². The third-order valence-electron chi connectivity index (χ3n) is 3.25. The summed E-state index contributed by atoms with van der Waals surface area (Å²) in [6, 6.07) is 8.15. The zero-order valence-corrected chi connectivity index (χ0v) is 13.9. The second kappa shape index (κ2) is 5.60. The van der Waals surface area contributed by atoms with Crippen LogP contribution >= 0.6 is 15.9 Å². The van der Waals surface area contributed by atoms with E-state index in [4.69, 9.17) is 4.74 Å². The van der Waals surface area contributed by atoms with Crippen molar-refractivity contribution >= 4 is 26.5 Å². The van der Waals surface area contributed by atoms with Crippen LogP contribution in [0.3, 0.4) is 0 Å². The van der Waals surface area contributed by atoms with Crippen molar-refractivity contribution in [1.29, 1.82) is 0 Å². The molecule has 20 heavy (non-hydrogen) atoms. The lowest BCUT2D eigenvalue weighted by Gasteiger charge is -2.33. The number of carbonyl (C=O) groups is 1. The van der Waals surface area contributed by atoms with Gasteiger partial charge in [0.2, 0.25) is 0 Å². The van der Waals surface area contributed by atoms with E-state index in [9.17, 15) is 4.79 Å². The maximum atomic E-state index is 12.2. The molecular formula is C16H20BrNO2. The summed E-state index contributed by atoms with van der Waals surface area (Å²) in [7, 11) is 1.79. The van der Waals surface area contributed by atoms with Gasteiger partial charge in [0.1, 0.15) is 5.60 Å². The number of halogens is 1. The molecule has 4 heteroatoms. The van der Waals surface area contributed by atoms with E-state index in [0.717, 1.165) is 22.0 Å². The highest BCUT2D eigenvalue weighted by Crippen LogP contribution is 2.38. The van der Waals surface area contributed by atoms with Crippen molar-refractivity contribution in [2.75, 3.05) is 7.05 Å². The van der Waals surface area contributed by atoms with Gasteiger partial charge < -0.3 is 9.64 Å². The molecule has 1 aromatic rings. The summed E-state index contributed by atoms with van der Waals surface area (Å²) in [5.74, 6) is 0. The Kier molecular flexibility index (Phi) is 4.23. The summed E-state index contributed by atoms with van der Waals surface area (Å²) < 4.78 is 6.53. The van der Waals surface area contributed by atoms with Crippen LogP contribution in [-0.2, 0) is 4.74 Å². The van der Waals surface area contributed by atoms with Crippen LogP contribution in [-0.4, -0.2) is 23.6 Å². The van der Waals surface area contributed by atoms with Crippen molar-refractivity contribution in [1.82, 2.24) is 4.90 Å². The maximum Gasteiger partial charge on any atom is 0.410 e. The molecule has 0 fully saturated rings. The molecule has 3 nitrogen and oxygen atoms in total. The Morgan fingerprint density at radius 3 is 2.65 bits per heavy atom. The van der Waals surface area contributed by atoms with E-state index in [-0.39, 0.29) is 12.1 Å². The number of amides is 1. The van der Waals surface area contributed by atoms with Crippen LogP contribution in [0.5, 0.6) is 0 Å². The summed E-state index contributed by atoms with van der Waals surface area (Å²) in [4.78, 5) is 13.9. The second-order valence-corrected chi connectivity index (χ2v) is 6.84. The van der Waals surface area contributed by atoms with Crippen LogP contribution in [0.2, 0.25) is 0 Å². The van der Waals surface area contributed by atoms with Gasteiger partial charge in [0.15, 0.2) is 0 Å². The predicted molar refractivity (Wildman–Crippen MR) is 84.7 cm³/mol. The zero-order valence-electron chi connectivity index (χ0n) is 12.3. The van der Waals surface area contributed by atoms with E-state index in [1.165, 1.54) is 0 Å². The van der Waals surface area contributed by atoms with Crippen LogP contribution in [0.1, 0.15) is 44.4 Å². The zero-order chi connectivity index (χ0) is 14.9. The molecule has 1 unspecified atom stereocenters. The normalized spacial score (nSPS) is 18.1. The van der Waals surface area contributed by atoms with E-state index in [1.807, 2.05) is 32.9 Å². The molecule has 1 atom stereocenters. The van der Waals surface area contributed by atoms with Crippen molar-refractivity contribution in [3.63, 3.8) is 0 Å². The number of fused-ring (bicyclic) bond motifs is 1. The molecule has 1 aromatic carbocycles. The van der Waals surface area contributed by atoms with E-state index in [1.54, 1.807) is 11.9 Å². The van der Waals surface area contributed by atoms with E-state index < -0.39 is 5.60 Å². The lowest BCUT2D eigenvalue weighted by atomic mass is 9.92. The number of hydrogen-bond acceptors (Lipinski definition) is 2. The molecule has 1 amide bonds. The van der Waals surface area contributed by atoms with Gasteiger partial charge in [-0.2, -0.15) is 0 Å². The Bertz CT molecular complexity index is 546. The molecule has 0 saturated carbocycles. The Hall–Kier alpha value is -1.29. The summed E-state index contributed by atoms with van der Waals surface area (Å²) in [6.45, 7) is 5.64. The first kappa shape index (κ1) is 15.1. The fourth-order valence-electron chi connectivity index (χ4n) is 2.29.